The summed E-state index contributed by atoms with van der Waals surface area (Å²) in [5.74, 6) is 1.02. The monoisotopic (exact) mass is 330 g/mol. The van der Waals surface area contributed by atoms with E-state index in [1.165, 1.54) is 18.0 Å². The van der Waals surface area contributed by atoms with Crippen LogP contribution in [0.25, 0.3) is 0 Å². The summed E-state index contributed by atoms with van der Waals surface area (Å²) >= 11 is 1.17. The zero-order valence-corrected chi connectivity index (χ0v) is 15.5. The zero-order chi connectivity index (χ0) is 16.3. The minimum absolute atomic E-state index is 0.0364. The van der Waals surface area contributed by atoms with Crippen molar-refractivity contribution < 1.29 is 18.7 Å². The molecule has 0 amide bonds. The molecule has 1 aromatic rings. The second-order valence-electron chi connectivity index (χ2n) is 6.51. The Morgan fingerprint density at radius 2 is 2.10 bits per heavy atom. The van der Waals surface area contributed by atoms with Gasteiger partial charge in [-0.1, -0.05) is 39.5 Å². The minimum Gasteiger partial charge on any atom is -0.466 e. The average molecular weight is 331 g/mol. The lowest BCUT2D eigenvalue weighted by Gasteiger charge is -2.39. The third-order valence-corrected chi connectivity index (χ3v) is 9.13. The summed E-state index contributed by atoms with van der Waals surface area (Å²) in [4.78, 5) is 12.3. The van der Waals surface area contributed by atoms with E-state index in [1.807, 2.05) is 6.92 Å². The third-order valence-electron chi connectivity index (χ3n) is 3.87. The summed E-state index contributed by atoms with van der Waals surface area (Å²) in [7, 11) is -2.17. The lowest BCUT2D eigenvalue weighted by Crippen LogP contribution is -2.47. The van der Waals surface area contributed by atoms with E-state index in [0.717, 1.165) is 0 Å². The van der Waals surface area contributed by atoms with Gasteiger partial charge in [-0.2, -0.15) is 0 Å². The standard InChI is InChI=1S/C15H26O4SSi/c1-7-20-14(17)13(12(16)11-9-8-10-18-11)19-21(5,6)15(2,3)4/h8-10,12-13,16H,7H2,1-6H3/t12-,13+/m1/s1. The molecule has 0 saturated heterocycles. The molecule has 0 saturated carbocycles. The van der Waals surface area contributed by atoms with Gasteiger partial charge in [-0.05, 0) is 36.0 Å². The third kappa shape index (κ3) is 4.71. The number of hydrogen-bond acceptors (Lipinski definition) is 5. The highest BCUT2D eigenvalue weighted by Crippen LogP contribution is 2.39. The molecule has 0 fully saturated rings. The zero-order valence-electron chi connectivity index (χ0n) is 13.7. The highest BCUT2D eigenvalue weighted by atomic mass is 32.2. The van der Waals surface area contributed by atoms with E-state index in [0.29, 0.717) is 11.5 Å². The lowest BCUT2D eigenvalue weighted by molar-refractivity contribution is -0.123. The van der Waals surface area contributed by atoms with Gasteiger partial charge >= 0.3 is 0 Å². The first kappa shape index (κ1) is 18.5. The lowest BCUT2D eigenvalue weighted by atomic mass is 10.2. The van der Waals surface area contributed by atoms with Gasteiger partial charge in [0, 0.05) is 0 Å². The molecule has 1 N–H and O–H groups in total. The van der Waals surface area contributed by atoms with Crippen molar-refractivity contribution in [2.24, 2.45) is 0 Å². The van der Waals surface area contributed by atoms with Gasteiger partial charge in [0.05, 0.1) is 6.26 Å². The summed E-state index contributed by atoms with van der Waals surface area (Å²) in [6, 6.07) is 3.36. The van der Waals surface area contributed by atoms with Gasteiger partial charge < -0.3 is 13.9 Å². The molecule has 6 heteroatoms. The largest absolute Gasteiger partial charge is 0.466 e. The molecule has 0 spiro atoms. The van der Waals surface area contributed by atoms with Crippen LogP contribution in [-0.2, 0) is 9.22 Å². The highest BCUT2D eigenvalue weighted by molar-refractivity contribution is 8.13. The van der Waals surface area contributed by atoms with Crippen molar-refractivity contribution in [3.05, 3.63) is 24.2 Å². The number of hydrogen-bond donors (Lipinski definition) is 1. The molecule has 21 heavy (non-hydrogen) atoms. The summed E-state index contributed by atoms with van der Waals surface area (Å²) < 4.78 is 11.4. The maximum Gasteiger partial charge on any atom is 0.219 e. The van der Waals surface area contributed by atoms with Crippen molar-refractivity contribution in [1.82, 2.24) is 0 Å². The number of rotatable bonds is 6. The van der Waals surface area contributed by atoms with Crippen LogP contribution in [-0.4, -0.2) is 30.4 Å². The molecule has 1 heterocycles. The van der Waals surface area contributed by atoms with Gasteiger partial charge in [-0.15, -0.1) is 0 Å². The van der Waals surface area contributed by atoms with Crippen LogP contribution in [0.2, 0.25) is 18.1 Å². The van der Waals surface area contributed by atoms with Crippen LogP contribution in [0.15, 0.2) is 22.8 Å². The van der Waals surface area contributed by atoms with Gasteiger partial charge in [0.2, 0.25) is 5.12 Å². The Hall–Kier alpha value is -0.563. The highest BCUT2D eigenvalue weighted by Gasteiger charge is 2.43. The average Bonchev–Trinajstić information content (AvgIpc) is 2.87. The number of aliphatic hydroxyl groups excluding tert-OH is 1. The van der Waals surface area contributed by atoms with E-state index >= 15 is 0 Å². The van der Waals surface area contributed by atoms with E-state index in [4.69, 9.17) is 8.84 Å². The number of thioether (sulfide) groups is 1. The SMILES string of the molecule is CCSC(=O)[C@@H](O[Si](C)(C)C(C)(C)C)[C@H](O)c1ccco1. The number of carbonyl (C=O) groups is 1. The minimum atomic E-state index is -2.17. The molecule has 0 aliphatic rings. The molecule has 0 bridgehead atoms. The van der Waals surface area contributed by atoms with Crippen LogP contribution in [0.4, 0.5) is 0 Å². The van der Waals surface area contributed by atoms with Crippen LogP contribution < -0.4 is 0 Å². The molecule has 0 unspecified atom stereocenters. The maximum absolute atomic E-state index is 12.3. The molecule has 120 valence electrons. The van der Waals surface area contributed by atoms with Crippen molar-refractivity contribution in [2.45, 2.75) is 58.0 Å². The fourth-order valence-corrected chi connectivity index (χ4v) is 3.50. The Balaban J connectivity index is 3.01. The second kappa shape index (κ2) is 7.13. The van der Waals surface area contributed by atoms with Gasteiger partial charge in [0.25, 0.3) is 0 Å². The Morgan fingerprint density at radius 3 is 2.52 bits per heavy atom. The summed E-state index contributed by atoms with van der Waals surface area (Å²) in [5, 5.41) is 10.3. The van der Waals surface area contributed by atoms with Gasteiger partial charge in [-0.3, -0.25) is 4.79 Å². The van der Waals surface area contributed by atoms with Gasteiger partial charge in [-0.25, -0.2) is 0 Å². The predicted octanol–water partition coefficient (Wildman–Crippen LogP) is 3.98. The van der Waals surface area contributed by atoms with E-state index in [1.54, 1.807) is 12.1 Å². The quantitative estimate of drug-likeness (QED) is 0.799. The van der Waals surface area contributed by atoms with Crippen LogP contribution >= 0.6 is 11.8 Å². The summed E-state index contributed by atoms with van der Waals surface area (Å²) in [6.45, 7) is 12.4. The Morgan fingerprint density at radius 1 is 1.48 bits per heavy atom. The fraction of sp³-hybridized carbons (Fsp3) is 0.667. The Kier molecular flexibility index (Phi) is 6.28. The first-order valence-corrected chi connectivity index (χ1v) is 11.1. The molecular weight excluding hydrogens is 304 g/mol. The van der Waals surface area contributed by atoms with E-state index in [-0.39, 0.29) is 10.2 Å². The molecule has 0 aliphatic carbocycles. The molecule has 4 nitrogen and oxygen atoms in total. The Labute approximate surface area is 132 Å². The maximum atomic E-state index is 12.3. The van der Waals surface area contributed by atoms with Crippen LogP contribution in [0, 0.1) is 0 Å². The van der Waals surface area contributed by atoms with Crippen molar-refractivity contribution in [1.29, 1.82) is 0 Å². The second-order valence-corrected chi connectivity index (χ2v) is 12.5. The van der Waals surface area contributed by atoms with Crippen LogP contribution in [0.1, 0.15) is 39.6 Å². The number of carbonyl (C=O) groups excluding carboxylic acids is 1. The van der Waals surface area contributed by atoms with Gasteiger partial charge in [0.1, 0.15) is 18.0 Å². The van der Waals surface area contributed by atoms with E-state index < -0.39 is 20.5 Å². The van der Waals surface area contributed by atoms with Gasteiger partial charge in [0.15, 0.2) is 8.32 Å². The topological polar surface area (TPSA) is 59.7 Å². The van der Waals surface area contributed by atoms with Crippen molar-refractivity contribution in [3.63, 3.8) is 0 Å². The van der Waals surface area contributed by atoms with E-state index in [2.05, 4.69) is 33.9 Å². The molecular formula is C15H26O4SSi. The van der Waals surface area contributed by atoms with Crippen molar-refractivity contribution in [3.8, 4) is 0 Å². The molecule has 0 radical (unpaired) electrons. The van der Waals surface area contributed by atoms with E-state index in [9.17, 15) is 9.90 Å². The normalized spacial score (nSPS) is 15.8. The van der Waals surface area contributed by atoms with Crippen molar-refractivity contribution >= 4 is 25.2 Å². The predicted molar refractivity (Wildman–Crippen MR) is 88.9 cm³/mol. The van der Waals surface area contributed by atoms with Crippen LogP contribution in [0.3, 0.4) is 0 Å². The first-order valence-electron chi connectivity index (χ1n) is 7.16. The summed E-state index contributed by atoms with van der Waals surface area (Å²) in [6.07, 6.45) is -0.470. The fourth-order valence-electron chi connectivity index (χ4n) is 1.57. The summed E-state index contributed by atoms with van der Waals surface area (Å²) in [5.41, 5.74) is 0. The van der Waals surface area contributed by atoms with Crippen LogP contribution in [0.5, 0.6) is 0 Å². The first-order chi connectivity index (χ1) is 9.60. The number of aliphatic hydroxyl groups is 1. The Bertz CT molecular complexity index is 451. The molecule has 2 atom stereocenters. The molecule has 0 aromatic carbocycles. The smallest absolute Gasteiger partial charge is 0.219 e. The molecule has 1 aromatic heterocycles. The molecule has 1 rings (SSSR count). The number of furan rings is 1. The van der Waals surface area contributed by atoms with Crippen molar-refractivity contribution in [2.75, 3.05) is 5.75 Å². The molecule has 0 aliphatic heterocycles.